The van der Waals surface area contributed by atoms with Crippen molar-refractivity contribution in [3.8, 4) is 0 Å². The van der Waals surface area contributed by atoms with Gasteiger partial charge in [0.25, 0.3) is 5.91 Å². The van der Waals surface area contributed by atoms with E-state index in [4.69, 9.17) is 11.6 Å². The Hall–Kier alpha value is -0.820. The van der Waals surface area contributed by atoms with Crippen LogP contribution in [0.1, 0.15) is 23.7 Å². The molecule has 0 radical (unpaired) electrons. The van der Waals surface area contributed by atoms with Gasteiger partial charge >= 0.3 is 5.97 Å². The van der Waals surface area contributed by atoms with E-state index in [0.717, 1.165) is 3.57 Å². The van der Waals surface area contributed by atoms with Crippen LogP contribution in [0.15, 0.2) is 18.2 Å². The highest BCUT2D eigenvalue weighted by molar-refractivity contribution is 14.1. The molecule has 0 aliphatic carbocycles. The van der Waals surface area contributed by atoms with Crippen LogP contribution in [0.25, 0.3) is 0 Å². The molecular formula is C13H13ClINO3. The largest absolute Gasteiger partial charge is 0.481 e. The summed E-state index contributed by atoms with van der Waals surface area (Å²) in [4.78, 5) is 25.2. The van der Waals surface area contributed by atoms with Crippen molar-refractivity contribution in [1.82, 2.24) is 4.90 Å². The zero-order valence-corrected chi connectivity index (χ0v) is 13.2. The topological polar surface area (TPSA) is 57.6 Å². The van der Waals surface area contributed by atoms with Gasteiger partial charge in [0, 0.05) is 21.7 Å². The molecule has 1 heterocycles. The minimum Gasteiger partial charge on any atom is -0.481 e. The summed E-state index contributed by atoms with van der Waals surface area (Å²) in [6.45, 7) is 2.37. The van der Waals surface area contributed by atoms with Crippen molar-refractivity contribution in [3.63, 3.8) is 0 Å². The summed E-state index contributed by atoms with van der Waals surface area (Å²) in [5.41, 5.74) is -0.317. The van der Waals surface area contributed by atoms with Crippen LogP contribution in [0.4, 0.5) is 0 Å². The van der Waals surface area contributed by atoms with Gasteiger partial charge in [0.15, 0.2) is 0 Å². The Balaban J connectivity index is 2.22. The van der Waals surface area contributed by atoms with Crippen molar-refractivity contribution in [2.45, 2.75) is 13.3 Å². The number of likely N-dealkylation sites (tertiary alicyclic amines) is 1. The van der Waals surface area contributed by atoms with Gasteiger partial charge in [-0.1, -0.05) is 11.6 Å². The maximum absolute atomic E-state index is 12.4. The van der Waals surface area contributed by atoms with Gasteiger partial charge in [-0.15, -0.1) is 0 Å². The number of amides is 1. The molecule has 1 saturated heterocycles. The van der Waals surface area contributed by atoms with E-state index in [9.17, 15) is 14.7 Å². The number of carboxylic acids is 1. The highest BCUT2D eigenvalue weighted by Crippen LogP contribution is 2.31. The molecule has 1 aromatic rings. The third-order valence-electron chi connectivity index (χ3n) is 3.44. The van der Waals surface area contributed by atoms with Crippen LogP contribution < -0.4 is 0 Å². The molecular weight excluding hydrogens is 381 g/mol. The molecule has 1 N–H and O–H groups in total. The molecule has 0 aromatic heterocycles. The molecule has 6 heteroatoms. The molecule has 4 nitrogen and oxygen atoms in total. The highest BCUT2D eigenvalue weighted by atomic mass is 127. The van der Waals surface area contributed by atoms with E-state index in [-0.39, 0.29) is 12.5 Å². The Morgan fingerprint density at radius 3 is 2.74 bits per heavy atom. The predicted molar refractivity (Wildman–Crippen MR) is 80.4 cm³/mol. The molecule has 1 amide bonds. The monoisotopic (exact) mass is 393 g/mol. The van der Waals surface area contributed by atoms with Gasteiger partial charge in [-0.05, 0) is 54.1 Å². The number of carbonyl (C=O) groups is 2. The van der Waals surface area contributed by atoms with Crippen LogP contribution in [0, 0.1) is 8.99 Å². The number of aliphatic carboxylic acids is 1. The number of rotatable bonds is 2. The maximum Gasteiger partial charge on any atom is 0.311 e. The summed E-state index contributed by atoms with van der Waals surface area (Å²) in [5, 5.41) is 9.68. The lowest BCUT2D eigenvalue weighted by atomic mass is 9.90. The van der Waals surface area contributed by atoms with Crippen molar-refractivity contribution in [2.24, 2.45) is 5.41 Å². The second-order valence-corrected chi connectivity index (χ2v) is 6.57. The first-order valence-electron chi connectivity index (χ1n) is 5.81. The van der Waals surface area contributed by atoms with Crippen molar-refractivity contribution in [2.75, 3.05) is 13.1 Å². The van der Waals surface area contributed by atoms with Crippen molar-refractivity contribution in [3.05, 3.63) is 32.4 Å². The summed E-state index contributed by atoms with van der Waals surface area (Å²) in [5.74, 6) is -1.01. The molecule has 1 atom stereocenters. The fourth-order valence-corrected chi connectivity index (χ4v) is 2.88. The second kappa shape index (κ2) is 5.28. The number of benzene rings is 1. The Morgan fingerprint density at radius 1 is 1.47 bits per heavy atom. The summed E-state index contributed by atoms with van der Waals surface area (Å²) in [7, 11) is 0. The number of hydrogen-bond acceptors (Lipinski definition) is 2. The smallest absolute Gasteiger partial charge is 0.311 e. The lowest BCUT2D eigenvalue weighted by Crippen LogP contribution is -2.35. The lowest BCUT2D eigenvalue weighted by Gasteiger charge is -2.20. The Bertz CT molecular complexity index is 549. The van der Waals surface area contributed by atoms with Crippen LogP contribution in [0.2, 0.25) is 5.02 Å². The highest BCUT2D eigenvalue weighted by Gasteiger charge is 2.42. The predicted octanol–water partition coefficient (Wildman–Crippen LogP) is 2.88. The van der Waals surface area contributed by atoms with Gasteiger partial charge in [0.2, 0.25) is 0 Å². The first-order valence-corrected chi connectivity index (χ1v) is 7.27. The lowest BCUT2D eigenvalue weighted by molar-refractivity contribution is -0.147. The minimum absolute atomic E-state index is 0.156. The molecule has 0 saturated carbocycles. The summed E-state index contributed by atoms with van der Waals surface area (Å²) in [6, 6.07) is 5.14. The van der Waals surface area contributed by atoms with Gasteiger partial charge in [0.05, 0.1) is 11.0 Å². The van der Waals surface area contributed by atoms with Crippen LogP contribution in [0.5, 0.6) is 0 Å². The number of nitrogens with zero attached hydrogens (tertiary/aromatic N) is 1. The van der Waals surface area contributed by atoms with Crippen LogP contribution in [0.3, 0.4) is 0 Å². The SMILES string of the molecule is CC1(C(=O)O)CCN(C(=O)c2cc(Cl)ccc2I)C1. The fraction of sp³-hybridized carbons (Fsp3) is 0.385. The van der Waals surface area contributed by atoms with Gasteiger partial charge in [-0.25, -0.2) is 0 Å². The molecule has 2 rings (SSSR count). The second-order valence-electron chi connectivity index (χ2n) is 4.97. The molecule has 1 unspecified atom stereocenters. The zero-order valence-electron chi connectivity index (χ0n) is 10.3. The van der Waals surface area contributed by atoms with Gasteiger partial charge < -0.3 is 10.0 Å². The van der Waals surface area contributed by atoms with E-state index in [1.165, 1.54) is 0 Å². The van der Waals surface area contributed by atoms with Crippen LogP contribution in [-0.4, -0.2) is 35.0 Å². The molecule has 102 valence electrons. The molecule has 1 aliphatic heterocycles. The number of hydrogen-bond donors (Lipinski definition) is 1. The van der Waals surface area contributed by atoms with Crippen molar-refractivity contribution < 1.29 is 14.7 Å². The van der Waals surface area contributed by atoms with Gasteiger partial charge in [0.1, 0.15) is 0 Å². The molecule has 19 heavy (non-hydrogen) atoms. The first kappa shape index (κ1) is 14.6. The summed E-state index contributed by atoms with van der Waals surface area (Å²) in [6.07, 6.45) is 0.477. The normalized spacial score (nSPS) is 22.6. The molecule has 1 aliphatic rings. The average Bonchev–Trinajstić information content (AvgIpc) is 2.76. The molecule has 1 fully saturated rings. The Labute approximate surface area is 129 Å². The van der Waals surface area contributed by atoms with Crippen LogP contribution >= 0.6 is 34.2 Å². The maximum atomic E-state index is 12.4. The van der Waals surface area contributed by atoms with Crippen molar-refractivity contribution in [1.29, 1.82) is 0 Å². The Kier molecular flexibility index (Phi) is 4.06. The third-order valence-corrected chi connectivity index (χ3v) is 4.61. The summed E-state index contributed by atoms with van der Waals surface area (Å²) < 4.78 is 0.816. The number of halogens is 2. The standard InChI is InChI=1S/C13H13ClINO3/c1-13(12(18)19)4-5-16(7-13)11(17)9-6-8(14)2-3-10(9)15/h2-3,6H,4-5,7H2,1H3,(H,18,19). The third kappa shape index (κ3) is 2.86. The fourth-order valence-electron chi connectivity index (χ4n) is 2.14. The van der Waals surface area contributed by atoms with E-state index < -0.39 is 11.4 Å². The van der Waals surface area contributed by atoms with Crippen molar-refractivity contribution >= 4 is 46.1 Å². The molecule has 0 spiro atoms. The van der Waals surface area contributed by atoms with Gasteiger partial charge in [-0.2, -0.15) is 0 Å². The number of carboxylic acid groups (broad SMARTS) is 1. The van der Waals surface area contributed by atoms with Gasteiger partial charge in [-0.3, -0.25) is 9.59 Å². The minimum atomic E-state index is -0.858. The Morgan fingerprint density at radius 2 is 2.16 bits per heavy atom. The average molecular weight is 394 g/mol. The number of carbonyl (C=O) groups excluding carboxylic acids is 1. The van der Waals surface area contributed by atoms with E-state index >= 15 is 0 Å². The van der Waals surface area contributed by atoms with Crippen LogP contribution in [-0.2, 0) is 4.79 Å². The molecule has 0 bridgehead atoms. The summed E-state index contributed by atoms with van der Waals surface area (Å²) >= 11 is 7.98. The zero-order chi connectivity index (χ0) is 14.2. The van der Waals surface area contributed by atoms with E-state index in [2.05, 4.69) is 22.6 Å². The van der Waals surface area contributed by atoms with E-state index in [1.54, 1.807) is 30.0 Å². The first-order chi connectivity index (χ1) is 8.83. The molecule has 1 aromatic carbocycles. The van der Waals surface area contributed by atoms with E-state index in [1.807, 2.05) is 0 Å². The quantitative estimate of drug-likeness (QED) is 0.786. The van der Waals surface area contributed by atoms with E-state index in [0.29, 0.717) is 23.6 Å².